The number of sulfonamides is 1. The van der Waals surface area contributed by atoms with E-state index in [9.17, 15) is 18.0 Å². The number of nitrogens with one attached hydrogen (secondary N) is 1. The van der Waals surface area contributed by atoms with E-state index in [0.717, 1.165) is 42.2 Å². The monoisotopic (exact) mass is 626 g/mol. The molecule has 1 N–H and O–H groups in total. The van der Waals surface area contributed by atoms with Gasteiger partial charge in [-0.1, -0.05) is 39.7 Å². The van der Waals surface area contributed by atoms with E-state index in [1.54, 1.807) is 60.7 Å². The molecule has 0 saturated carbocycles. The van der Waals surface area contributed by atoms with Crippen LogP contribution in [-0.2, 0) is 19.6 Å². The Kier molecular flexibility index (Phi) is 9.94. The lowest BCUT2D eigenvalue weighted by Crippen LogP contribution is -2.39. The van der Waals surface area contributed by atoms with Gasteiger partial charge in [0.15, 0.2) is 6.61 Å². The van der Waals surface area contributed by atoms with Crippen LogP contribution >= 0.6 is 15.9 Å². The summed E-state index contributed by atoms with van der Waals surface area (Å²) in [5, 5.41) is 3.98. The zero-order chi connectivity index (χ0) is 28.5. The van der Waals surface area contributed by atoms with Crippen LogP contribution in [0.1, 0.15) is 30.4 Å². The van der Waals surface area contributed by atoms with Crippen LogP contribution in [0.15, 0.2) is 87.3 Å². The molecular formula is C29H31BrN4O5S. The fourth-order valence-corrected chi connectivity index (χ4v) is 5.96. The highest BCUT2D eigenvalue weighted by Crippen LogP contribution is 2.26. The van der Waals surface area contributed by atoms with Crippen LogP contribution in [0.25, 0.3) is 0 Å². The summed E-state index contributed by atoms with van der Waals surface area (Å²) in [4.78, 5) is 27.0. The predicted molar refractivity (Wildman–Crippen MR) is 158 cm³/mol. The summed E-state index contributed by atoms with van der Waals surface area (Å²) in [5.41, 5.74) is 4.35. The first kappa shape index (κ1) is 29.3. The molecule has 1 aliphatic rings. The lowest BCUT2D eigenvalue weighted by molar-refractivity contribution is -0.134. The molecule has 4 rings (SSSR count). The van der Waals surface area contributed by atoms with Crippen molar-refractivity contribution in [3.8, 4) is 5.75 Å². The molecule has 210 valence electrons. The summed E-state index contributed by atoms with van der Waals surface area (Å²) in [7, 11) is -4.02. The predicted octanol–water partition coefficient (Wildman–Crippen LogP) is 4.49. The zero-order valence-electron chi connectivity index (χ0n) is 22.1. The van der Waals surface area contributed by atoms with Gasteiger partial charge in [-0.3, -0.25) is 13.9 Å². The number of carbonyl (C=O) groups is 2. The molecule has 1 saturated heterocycles. The summed E-state index contributed by atoms with van der Waals surface area (Å²) in [6.45, 7) is 2.95. The van der Waals surface area contributed by atoms with Gasteiger partial charge in [0.05, 0.1) is 16.8 Å². The number of likely N-dealkylation sites (tertiary alicyclic amines) is 1. The van der Waals surface area contributed by atoms with Gasteiger partial charge in [-0.15, -0.1) is 0 Å². The van der Waals surface area contributed by atoms with Crippen molar-refractivity contribution in [2.75, 3.05) is 30.5 Å². The van der Waals surface area contributed by atoms with Gasteiger partial charge in [-0.25, -0.2) is 13.8 Å². The van der Waals surface area contributed by atoms with Crippen LogP contribution < -0.4 is 14.5 Å². The van der Waals surface area contributed by atoms with E-state index in [-0.39, 0.29) is 17.4 Å². The molecule has 0 unspecified atom stereocenters. The summed E-state index contributed by atoms with van der Waals surface area (Å²) in [5.74, 6) is -0.0741. The minimum absolute atomic E-state index is 0.0104. The quantitative estimate of drug-likeness (QED) is 0.263. The van der Waals surface area contributed by atoms with Crippen molar-refractivity contribution in [3.05, 3.63) is 88.4 Å². The molecule has 0 bridgehead atoms. The van der Waals surface area contributed by atoms with E-state index in [2.05, 4.69) is 26.5 Å². The number of carbonyl (C=O) groups excluding carboxylic acids is 2. The molecule has 3 aromatic carbocycles. The Bertz CT molecular complexity index is 1450. The van der Waals surface area contributed by atoms with Gasteiger partial charge in [0, 0.05) is 17.6 Å². The second-order valence-electron chi connectivity index (χ2n) is 9.40. The van der Waals surface area contributed by atoms with E-state index in [1.165, 1.54) is 18.3 Å². The maximum atomic E-state index is 13.5. The summed E-state index contributed by atoms with van der Waals surface area (Å²) < 4.78 is 34.3. The molecule has 2 amide bonds. The summed E-state index contributed by atoms with van der Waals surface area (Å²) >= 11 is 3.36. The van der Waals surface area contributed by atoms with Crippen molar-refractivity contribution in [2.45, 2.75) is 31.1 Å². The highest BCUT2D eigenvalue weighted by atomic mass is 79.9. The zero-order valence-corrected chi connectivity index (χ0v) is 24.5. The average molecular weight is 628 g/mol. The van der Waals surface area contributed by atoms with Crippen LogP contribution in [-0.4, -0.2) is 57.6 Å². The summed E-state index contributed by atoms with van der Waals surface area (Å²) in [6.07, 6.45) is 4.66. The standard InChI is InChI=1S/C29H31BrN4O5S/c1-22-8-14-27(15-9-22)40(37,38)34(25-7-5-6-24(30)18-25)20-28(35)32-31-19-23-10-12-26(13-11-23)39-21-29(36)33-16-3-2-4-17-33/h5-15,18-19H,2-4,16-17,20-21H2,1H3,(H,32,35)/b31-19-. The number of amides is 2. The molecule has 0 radical (unpaired) electrons. The SMILES string of the molecule is Cc1ccc(S(=O)(=O)N(CC(=O)N/N=C\c2ccc(OCC(=O)N3CCCCC3)cc2)c2cccc(Br)c2)cc1. The average Bonchev–Trinajstić information content (AvgIpc) is 2.96. The van der Waals surface area contributed by atoms with Crippen molar-refractivity contribution in [2.24, 2.45) is 5.10 Å². The molecule has 0 atom stereocenters. The normalized spacial score (nSPS) is 13.7. The van der Waals surface area contributed by atoms with Crippen molar-refractivity contribution in [1.29, 1.82) is 0 Å². The number of aryl methyl sites for hydroxylation is 1. The first-order chi connectivity index (χ1) is 19.2. The molecule has 11 heteroatoms. The van der Waals surface area contributed by atoms with E-state index in [1.807, 2.05) is 11.8 Å². The molecular weight excluding hydrogens is 596 g/mol. The van der Waals surface area contributed by atoms with E-state index >= 15 is 0 Å². The molecule has 1 aliphatic heterocycles. The minimum Gasteiger partial charge on any atom is -0.484 e. The van der Waals surface area contributed by atoms with Crippen molar-refractivity contribution in [1.82, 2.24) is 10.3 Å². The third-order valence-electron chi connectivity index (χ3n) is 6.35. The number of hydrazone groups is 1. The Morgan fingerprint density at radius 1 is 1.02 bits per heavy atom. The lowest BCUT2D eigenvalue weighted by atomic mass is 10.1. The minimum atomic E-state index is -4.02. The number of benzene rings is 3. The lowest BCUT2D eigenvalue weighted by Gasteiger charge is -2.26. The molecule has 3 aromatic rings. The Morgan fingerprint density at radius 2 is 1.73 bits per heavy atom. The van der Waals surface area contributed by atoms with Gasteiger partial charge in [-0.05, 0) is 86.3 Å². The largest absolute Gasteiger partial charge is 0.484 e. The van der Waals surface area contributed by atoms with Crippen molar-refractivity contribution >= 4 is 49.7 Å². The number of ether oxygens (including phenoxy) is 1. The van der Waals surface area contributed by atoms with Gasteiger partial charge in [0.1, 0.15) is 12.3 Å². The fourth-order valence-electron chi connectivity index (χ4n) is 4.16. The maximum Gasteiger partial charge on any atom is 0.264 e. The molecule has 40 heavy (non-hydrogen) atoms. The number of anilines is 1. The molecule has 1 heterocycles. The number of hydrogen-bond donors (Lipinski definition) is 1. The number of nitrogens with zero attached hydrogens (tertiary/aromatic N) is 3. The van der Waals surface area contributed by atoms with Gasteiger partial charge >= 0.3 is 0 Å². The highest BCUT2D eigenvalue weighted by molar-refractivity contribution is 9.10. The van der Waals surface area contributed by atoms with E-state index < -0.39 is 22.5 Å². The first-order valence-electron chi connectivity index (χ1n) is 12.9. The Hall–Kier alpha value is -3.70. The second-order valence-corrected chi connectivity index (χ2v) is 12.2. The molecule has 0 spiro atoms. The second kappa shape index (κ2) is 13.6. The fraction of sp³-hybridized carbons (Fsp3) is 0.276. The maximum absolute atomic E-state index is 13.5. The molecule has 9 nitrogen and oxygen atoms in total. The smallest absolute Gasteiger partial charge is 0.264 e. The van der Waals surface area contributed by atoms with E-state index in [4.69, 9.17) is 4.74 Å². The molecule has 0 aromatic heterocycles. The van der Waals surface area contributed by atoms with Gasteiger partial charge < -0.3 is 9.64 Å². The van der Waals surface area contributed by atoms with Crippen LogP contribution in [0.3, 0.4) is 0 Å². The molecule has 1 fully saturated rings. The van der Waals surface area contributed by atoms with Gasteiger partial charge in [0.25, 0.3) is 21.8 Å². The van der Waals surface area contributed by atoms with Gasteiger partial charge in [-0.2, -0.15) is 5.10 Å². The van der Waals surface area contributed by atoms with Crippen molar-refractivity contribution < 1.29 is 22.7 Å². The molecule has 0 aliphatic carbocycles. The van der Waals surface area contributed by atoms with E-state index in [0.29, 0.717) is 21.5 Å². The van der Waals surface area contributed by atoms with Crippen LogP contribution in [0.2, 0.25) is 0 Å². The Labute approximate surface area is 243 Å². The van der Waals surface area contributed by atoms with Crippen LogP contribution in [0.5, 0.6) is 5.75 Å². The van der Waals surface area contributed by atoms with Gasteiger partial charge in [0.2, 0.25) is 0 Å². The number of halogens is 1. The Balaban J connectivity index is 1.37. The number of piperidine rings is 1. The van der Waals surface area contributed by atoms with Crippen molar-refractivity contribution in [3.63, 3.8) is 0 Å². The first-order valence-corrected chi connectivity index (χ1v) is 15.1. The van der Waals surface area contributed by atoms with Crippen LogP contribution in [0, 0.1) is 6.92 Å². The topological polar surface area (TPSA) is 108 Å². The Morgan fingerprint density at radius 3 is 2.40 bits per heavy atom. The highest BCUT2D eigenvalue weighted by Gasteiger charge is 2.27. The van der Waals surface area contributed by atoms with Crippen LogP contribution in [0.4, 0.5) is 5.69 Å². The summed E-state index contributed by atoms with van der Waals surface area (Å²) in [6, 6.07) is 20.1. The number of rotatable bonds is 10. The third-order valence-corrected chi connectivity index (χ3v) is 8.63. The third kappa shape index (κ3) is 7.92. The number of hydrogen-bond acceptors (Lipinski definition) is 6.